The number of ether oxygens (including phenoxy) is 2. The fraction of sp³-hybridized carbons (Fsp3) is 0.731. The van der Waals surface area contributed by atoms with Crippen molar-refractivity contribution in [1.82, 2.24) is 19.8 Å². The molecule has 2 aromatic heterocycles. The molecule has 0 unspecified atom stereocenters. The maximum absolute atomic E-state index is 12.4. The summed E-state index contributed by atoms with van der Waals surface area (Å²) in [4.78, 5) is 28.5. The van der Waals surface area contributed by atoms with Gasteiger partial charge in [0.25, 0.3) is 0 Å². The Hall–Kier alpha value is -1.93. The van der Waals surface area contributed by atoms with Gasteiger partial charge in [0.05, 0.1) is 5.39 Å². The topological polar surface area (TPSA) is 67.8 Å². The Labute approximate surface area is 206 Å². The molecule has 1 atom stereocenters. The van der Waals surface area contributed by atoms with Gasteiger partial charge in [0, 0.05) is 37.1 Å². The van der Waals surface area contributed by atoms with Gasteiger partial charge in [-0.1, -0.05) is 6.92 Å². The van der Waals surface area contributed by atoms with Crippen molar-refractivity contribution in [2.45, 2.75) is 96.3 Å². The summed E-state index contributed by atoms with van der Waals surface area (Å²) < 4.78 is 12.1. The molecule has 186 valence electrons. The molecule has 3 aliphatic rings. The van der Waals surface area contributed by atoms with E-state index in [9.17, 15) is 4.79 Å². The number of rotatable bonds is 4. The van der Waals surface area contributed by atoms with Crippen molar-refractivity contribution in [3.05, 3.63) is 16.8 Å². The van der Waals surface area contributed by atoms with E-state index >= 15 is 0 Å². The van der Waals surface area contributed by atoms with Gasteiger partial charge in [-0.2, -0.15) is 0 Å². The third-order valence-corrected chi connectivity index (χ3v) is 8.77. The Morgan fingerprint density at radius 1 is 1.09 bits per heavy atom. The van der Waals surface area contributed by atoms with Crippen LogP contribution >= 0.6 is 11.3 Å². The highest BCUT2D eigenvalue weighted by molar-refractivity contribution is 7.19. The van der Waals surface area contributed by atoms with Gasteiger partial charge in [-0.3, -0.25) is 4.90 Å². The minimum absolute atomic E-state index is 0.189. The van der Waals surface area contributed by atoms with Gasteiger partial charge >= 0.3 is 6.09 Å². The number of aryl methyl sites for hydroxylation is 1. The number of amides is 1. The maximum atomic E-state index is 12.4. The third-order valence-electron chi connectivity index (χ3n) is 7.59. The van der Waals surface area contributed by atoms with Crippen LogP contribution in [0.3, 0.4) is 0 Å². The zero-order valence-electron chi connectivity index (χ0n) is 21.0. The Morgan fingerprint density at radius 3 is 2.50 bits per heavy atom. The number of nitrogens with zero attached hydrogens (tertiary/aromatic N) is 4. The van der Waals surface area contributed by atoms with Crippen LogP contribution in [0.1, 0.15) is 82.6 Å². The summed E-state index contributed by atoms with van der Waals surface area (Å²) in [7, 11) is 0. The fourth-order valence-electron chi connectivity index (χ4n) is 5.82. The van der Waals surface area contributed by atoms with E-state index in [0.29, 0.717) is 12.0 Å². The molecule has 3 heterocycles. The number of aromatic nitrogens is 2. The number of carbonyl (C=O) groups is 1. The van der Waals surface area contributed by atoms with Crippen LogP contribution in [0.15, 0.2) is 6.33 Å². The molecule has 0 aromatic carbocycles. The smallest absolute Gasteiger partial charge is 0.410 e. The molecule has 34 heavy (non-hydrogen) atoms. The normalized spacial score (nSPS) is 26.0. The summed E-state index contributed by atoms with van der Waals surface area (Å²) in [5.41, 5.74) is 1.03. The van der Waals surface area contributed by atoms with Crippen LogP contribution in [0, 0.1) is 0 Å². The van der Waals surface area contributed by atoms with Crippen LogP contribution in [0.2, 0.25) is 0 Å². The molecule has 1 aliphatic heterocycles. The first-order valence-corrected chi connectivity index (χ1v) is 13.8. The molecule has 8 heteroatoms. The lowest BCUT2D eigenvalue weighted by molar-refractivity contribution is 0.00509. The Morgan fingerprint density at radius 2 is 1.82 bits per heavy atom. The molecule has 2 aromatic rings. The van der Waals surface area contributed by atoms with Gasteiger partial charge in [-0.15, -0.1) is 11.3 Å². The number of thiophene rings is 1. The summed E-state index contributed by atoms with van der Waals surface area (Å²) in [5.74, 6) is 1.42. The highest BCUT2D eigenvalue weighted by Crippen LogP contribution is 2.47. The molecule has 0 radical (unpaired) electrons. The van der Waals surface area contributed by atoms with E-state index < -0.39 is 5.60 Å². The van der Waals surface area contributed by atoms with Crippen molar-refractivity contribution in [3.8, 4) is 5.88 Å². The fourth-order valence-corrected chi connectivity index (χ4v) is 7.05. The number of carbonyl (C=O) groups excluding carboxylic acids is 1. The van der Waals surface area contributed by atoms with Gasteiger partial charge in [0.1, 0.15) is 22.9 Å². The van der Waals surface area contributed by atoms with Crippen molar-refractivity contribution in [3.63, 3.8) is 0 Å². The van der Waals surface area contributed by atoms with E-state index in [2.05, 4.69) is 21.8 Å². The summed E-state index contributed by atoms with van der Waals surface area (Å²) in [6.45, 7) is 11.4. The summed E-state index contributed by atoms with van der Waals surface area (Å²) >= 11 is 1.83. The second-order valence-corrected chi connectivity index (χ2v) is 12.1. The van der Waals surface area contributed by atoms with Crippen LogP contribution in [0.5, 0.6) is 5.88 Å². The van der Waals surface area contributed by atoms with E-state index in [1.54, 1.807) is 6.33 Å². The van der Waals surface area contributed by atoms with Crippen LogP contribution in [-0.2, 0) is 11.2 Å². The minimum Gasteiger partial charge on any atom is -0.474 e. The van der Waals surface area contributed by atoms with Crippen molar-refractivity contribution < 1.29 is 14.3 Å². The van der Waals surface area contributed by atoms with Crippen molar-refractivity contribution in [2.24, 2.45) is 0 Å². The Bertz CT molecular complexity index is 1020. The molecule has 5 rings (SSSR count). The molecule has 7 nitrogen and oxygen atoms in total. The van der Waals surface area contributed by atoms with Gasteiger partial charge in [0.15, 0.2) is 0 Å². The number of hydrogen-bond acceptors (Lipinski definition) is 7. The molecule has 2 fully saturated rings. The maximum Gasteiger partial charge on any atom is 0.410 e. The van der Waals surface area contributed by atoms with Crippen LogP contribution < -0.4 is 4.74 Å². The first-order chi connectivity index (χ1) is 16.3. The van der Waals surface area contributed by atoms with Gasteiger partial charge < -0.3 is 14.4 Å². The molecule has 0 bridgehead atoms. The molecular weight excluding hydrogens is 448 g/mol. The SMILES string of the molecule is CC[C@H]1CCc2sc3ncnc(O[C@H]4CC[C@H](N5CCN(C(=O)OC(C)(C)C)CC5)CC4)c3c21. The number of hydrogen-bond donors (Lipinski definition) is 0. The highest BCUT2D eigenvalue weighted by atomic mass is 32.1. The standard InChI is InChI=1S/C26H38N4O3S/c1-5-17-6-11-20-21(17)22-23(27-16-28-24(22)34-20)32-19-9-7-18(8-10-19)29-12-14-30(15-13-29)25(31)33-26(2,3)4/h16-19H,5-15H2,1-4H3/t17-,18-,19-/m0/s1. The lowest BCUT2D eigenvalue weighted by Gasteiger charge is -2.42. The van der Waals surface area contributed by atoms with E-state index in [0.717, 1.165) is 62.6 Å². The lowest BCUT2D eigenvalue weighted by Crippen LogP contribution is -2.53. The van der Waals surface area contributed by atoms with Crippen LogP contribution in [0.4, 0.5) is 4.79 Å². The average Bonchev–Trinajstić information content (AvgIpc) is 3.38. The zero-order chi connectivity index (χ0) is 23.9. The summed E-state index contributed by atoms with van der Waals surface area (Å²) in [6.07, 6.45) is 9.63. The second-order valence-electron chi connectivity index (χ2n) is 11.0. The van der Waals surface area contributed by atoms with E-state index in [-0.39, 0.29) is 12.2 Å². The van der Waals surface area contributed by atoms with Crippen molar-refractivity contribution >= 4 is 27.6 Å². The predicted molar refractivity (Wildman–Crippen MR) is 135 cm³/mol. The minimum atomic E-state index is -0.442. The Kier molecular flexibility index (Phi) is 6.73. The molecule has 1 saturated heterocycles. The van der Waals surface area contributed by atoms with E-state index in [4.69, 9.17) is 9.47 Å². The summed E-state index contributed by atoms with van der Waals surface area (Å²) in [5, 5.41) is 1.19. The zero-order valence-corrected chi connectivity index (χ0v) is 21.8. The molecule has 2 aliphatic carbocycles. The van der Waals surface area contributed by atoms with Crippen LogP contribution in [-0.4, -0.2) is 69.8 Å². The predicted octanol–water partition coefficient (Wildman–Crippen LogP) is 5.37. The third kappa shape index (κ3) is 4.89. The summed E-state index contributed by atoms with van der Waals surface area (Å²) in [6, 6.07) is 0.570. The lowest BCUT2D eigenvalue weighted by atomic mass is 9.91. The highest BCUT2D eigenvalue weighted by Gasteiger charge is 2.33. The Balaban J connectivity index is 1.16. The van der Waals surface area contributed by atoms with E-state index in [1.165, 1.54) is 35.1 Å². The molecule has 1 amide bonds. The molecule has 0 N–H and O–H groups in total. The largest absolute Gasteiger partial charge is 0.474 e. The van der Waals surface area contributed by atoms with Crippen molar-refractivity contribution in [2.75, 3.05) is 26.2 Å². The first kappa shape index (κ1) is 23.8. The van der Waals surface area contributed by atoms with Gasteiger partial charge in [0.2, 0.25) is 5.88 Å². The number of fused-ring (bicyclic) bond motifs is 3. The van der Waals surface area contributed by atoms with Crippen LogP contribution in [0.25, 0.3) is 10.2 Å². The van der Waals surface area contributed by atoms with Gasteiger partial charge in [-0.05, 0) is 77.2 Å². The number of piperazine rings is 1. The molecular formula is C26H38N4O3S. The van der Waals surface area contributed by atoms with E-state index in [1.807, 2.05) is 37.0 Å². The van der Waals surface area contributed by atoms with Gasteiger partial charge in [-0.25, -0.2) is 14.8 Å². The monoisotopic (exact) mass is 486 g/mol. The van der Waals surface area contributed by atoms with Crippen molar-refractivity contribution in [1.29, 1.82) is 0 Å². The second kappa shape index (κ2) is 9.61. The quantitative estimate of drug-likeness (QED) is 0.578. The first-order valence-electron chi connectivity index (χ1n) is 13.0. The molecule has 0 spiro atoms. The molecule has 1 saturated carbocycles. The average molecular weight is 487 g/mol.